The zero-order chi connectivity index (χ0) is 13.7. The number of nitrogens with zero attached hydrogens (tertiary/aromatic N) is 1. The van der Waals surface area contributed by atoms with E-state index in [4.69, 9.17) is 5.11 Å². The first-order valence-corrected chi connectivity index (χ1v) is 6.31. The molecule has 0 saturated heterocycles. The summed E-state index contributed by atoms with van der Waals surface area (Å²) >= 11 is 2.98. The number of carbonyl (C=O) groups is 1. The Balaban J connectivity index is 2.92. The molecule has 3 nitrogen and oxygen atoms in total. The molecule has 1 aromatic carbocycles. The van der Waals surface area contributed by atoms with Crippen molar-refractivity contribution in [3.63, 3.8) is 0 Å². The van der Waals surface area contributed by atoms with E-state index < -0.39 is 17.6 Å². The van der Waals surface area contributed by atoms with Gasteiger partial charge in [-0.25, -0.2) is 8.78 Å². The Labute approximate surface area is 113 Å². The van der Waals surface area contributed by atoms with Gasteiger partial charge < -0.3 is 5.11 Å². The number of hydrogen-bond acceptors (Lipinski definition) is 2. The fourth-order valence-corrected chi connectivity index (χ4v) is 2.03. The minimum Gasteiger partial charge on any atom is -0.480 e. The fourth-order valence-electron chi connectivity index (χ4n) is 1.66. The molecule has 0 aliphatic heterocycles. The standard InChI is InChI=1S/C12H14BrF2NO2/c1-2-5-16(7-11(17)18)6-8-10(14)4-3-9(13)12(8)15/h3-4H,2,5-7H2,1H3,(H,17,18). The van der Waals surface area contributed by atoms with E-state index in [1.807, 2.05) is 6.92 Å². The van der Waals surface area contributed by atoms with E-state index in [9.17, 15) is 13.6 Å². The van der Waals surface area contributed by atoms with E-state index >= 15 is 0 Å². The van der Waals surface area contributed by atoms with Crippen molar-refractivity contribution in [2.24, 2.45) is 0 Å². The number of carboxylic acid groups (broad SMARTS) is 1. The van der Waals surface area contributed by atoms with Gasteiger partial charge >= 0.3 is 5.97 Å². The zero-order valence-corrected chi connectivity index (χ0v) is 11.5. The second kappa shape index (κ2) is 6.80. The SMILES string of the molecule is CCCN(CC(=O)O)Cc1c(F)ccc(Br)c1F. The predicted molar refractivity (Wildman–Crippen MR) is 67.3 cm³/mol. The lowest BCUT2D eigenvalue weighted by atomic mass is 10.2. The number of carboxylic acids is 1. The molecule has 0 aliphatic carbocycles. The van der Waals surface area contributed by atoms with Crippen LogP contribution in [0, 0.1) is 11.6 Å². The van der Waals surface area contributed by atoms with Crippen LogP contribution in [-0.4, -0.2) is 29.1 Å². The lowest BCUT2D eigenvalue weighted by molar-refractivity contribution is -0.138. The van der Waals surface area contributed by atoms with Gasteiger partial charge in [0.15, 0.2) is 0 Å². The summed E-state index contributed by atoms with van der Waals surface area (Å²) in [4.78, 5) is 12.2. The van der Waals surface area contributed by atoms with Gasteiger partial charge in [-0.3, -0.25) is 9.69 Å². The Morgan fingerprint density at radius 2 is 2.11 bits per heavy atom. The number of benzene rings is 1. The topological polar surface area (TPSA) is 40.5 Å². The average Bonchev–Trinajstić information content (AvgIpc) is 2.29. The number of halogens is 3. The van der Waals surface area contributed by atoms with Gasteiger partial charge in [0.1, 0.15) is 11.6 Å². The van der Waals surface area contributed by atoms with Gasteiger partial charge in [-0.2, -0.15) is 0 Å². The second-order valence-electron chi connectivity index (χ2n) is 3.93. The number of rotatable bonds is 6. The highest BCUT2D eigenvalue weighted by molar-refractivity contribution is 9.10. The number of aliphatic carboxylic acids is 1. The normalized spacial score (nSPS) is 10.9. The molecule has 0 heterocycles. The van der Waals surface area contributed by atoms with Crippen LogP contribution < -0.4 is 0 Å². The molecule has 0 aliphatic rings. The molecule has 0 fully saturated rings. The lowest BCUT2D eigenvalue weighted by Crippen LogP contribution is -2.30. The minimum atomic E-state index is -1.01. The molecule has 1 N–H and O–H groups in total. The van der Waals surface area contributed by atoms with Crippen molar-refractivity contribution < 1.29 is 18.7 Å². The first kappa shape index (κ1) is 15.0. The maximum absolute atomic E-state index is 13.7. The van der Waals surface area contributed by atoms with Gasteiger partial charge in [-0.1, -0.05) is 6.92 Å². The van der Waals surface area contributed by atoms with Crippen LogP contribution in [-0.2, 0) is 11.3 Å². The van der Waals surface area contributed by atoms with Crippen molar-refractivity contribution in [3.05, 3.63) is 33.8 Å². The smallest absolute Gasteiger partial charge is 0.317 e. The van der Waals surface area contributed by atoms with Gasteiger partial charge in [0, 0.05) is 12.1 Å². The highest BCUT2D eigenvalue weighted by Gasteiger charge is 2.17. The van der Waals surface area contributed by atoms with Crippen molar-refractivity contribution in [2.45, 2.75) is 19.9 Å². The molecule has 0 saturated carbocycles. The Hall–Kier alpha value is -1.01. The van der Waals surface area contributed by atoms with Crippen molar-refractivity contribution in [3.8, 4) is 0 Å². The average molecular weight is 322 g/mol. The van der Waals surface area contributed by atoms with Crippen LogP contribution >= 0.6 is 15.9 Å². The first-order valence-electron chi connectivity index (χ1n) is 5.52. The van der Waals surface area contributed by atoms with Crippen LogP contribution in [0.2, 0.25) is 0 Å². The van der Waals surface area contributed by atoms with E-state index in [1.54, 1.807) is 0 Å². The molecule has 0 amide bonds. The van der Waals surface area contributed by atoms with Crippen LogP contribution in [0.1, 0.15) is 18.9 Å². The van der Waals surface area contributed by atoms with Crippen LogP contribution in [0.25, 0.3) is 0 Å². The molecule has 1 rings (SSSR count). The van der Waals surface area contributed by atoms with Crippen LogP contribution in [0.5, 0.6) is 0 Å². The van der Waals surface area contributed by atoms with Crippen molar-refractivity contribution in [1.82, 2.24) is 4.90 Å². The molecular formula is C12H14BrF2NO2. The minimum absolute atomic E-state index is 0.0583. The summed E-state index contributed by atoms with van der Waals surface area (Å²) in [6, 6.07) is 2.45. The van der Waals surface area contributed by atoms with Gasteiger partial charge in [0.2, 0.25) is 0 Å². The Morgan fingerprint density at radius 1 is 1.44 bits per heavy atom. The summed E-state index contributed by atoms with van der Waals surface area (Å²) in [7, 11) is 0. The summed E-state index contributed by atoms with van der Waals surface area (Å²) < 4.78 is 27.4. The molecule has 100 valence electrons. The van der Waals surface area contributed by atoms with Gasteiger partial charge in [0.25, 0.3) is 0 Å². The van der Waals surface area contributed by atoms with Crippen LogP contribution in [0.15, 0.2) is 16.6 Å². The maximum Gasteiger partial charge on any atom is 0.317 e. The highest BCUT2D eigenvalue weighted by Crippen LogP contribution is 2.22. The summed E-state index contributed by atoms with van der Waals surface area (Å²) in [5.41, 5.74) is -0.112. The van der Waals surface area contributed by atoms with Crippen LogP contribution in [0.3, 0.4) is 0 Å². The molecular weight excluding hydrogens is 308 g/mol. The quantitative estimate of drug-likeness (QED) is 0.819. The molecule has 1 aromatic rings. The summed E-state index contributed by atoms with van der Waals surface area (Å²) in [6.45, 7) is 2.05. The molecule has 0 bridgehead atoms. The molecule has 0 atom stereocenters. The van der Waals surface area contributed by atoms with E-state index in [1.165, 1.54) is 11.0 Å². The molecule has 0 unspecified atom stereocenters. The maximum atomic E-state index is 13.7. The third kappa shape index (κ3) is 4.03. The largest absolute Gasteiger partial charge is 0.480 e. The number of hydrogen-bond donors (Lipinski definition) is 1. The van der Waals surface area contributed by atoms with Crippen molar-refractivity contribution in [2.75, 3.05) is 13.1 Å². The third-order valence-corrected chi connectivity index (χ3v) is 3.03. The van der Waals surface area contributed by atoms with Gasteiger partial charge in [-0.05, 0) is 41.0 Å². The third-order valence-electron chi connectivity index (χ3n) is 2.42. The fraction of sp³-hybridized carbons (Fsp3) is 0.417. The molecule has 6 heteroatoms. The Morgan fingerprint density at radius 3 is 2.67 bits per heavy atom. The highest BCUT2D eigenvalue weighted by atomic mass is 79.9. The zero-order valence-electron chi connectivity index (χ0n) is 9.92. The summed E-state index contributed by atoms with van der Waals surface area (Å²) in [6.07, 6.45) is 0.713. The van der Waals surface area contributed by atoms with Crippen molar-refractivity contribution >= 4 is 21.9 Å². The van der Waals surface area contributed by atoms with E-state index in [0.717, 1.165) is 6.07 Å². The summed E-state index contributed by atoms with van der Waals surface area (Å²) in [5, 5.41) is 8.74. The Bertz CT molecular complexity index is 440. The van der Waals surface area contributed by atoms with Crippen LogP contribution in [0.4, 0.5) is 8.78 Å². The monoisotopic (exact) mass is 321 g/mol. The lowest BCUT2D eigenvalue weighted by Gasteiger charge is -2.20. The summed E-state index contributed by atoms with van der Waals surface area (Å²) in [5.74, 6) is -2.36. The molecule has 0 aromatic heterocycles. The second-order valence-corrected chi connectivity index (χ2v) is 4.78. The predicted octanol–water partition coefficient (Wildman–Crippen LogP) is 3.02. The van der Waals surface area contributed by atoms with Gasteiger partial charge in [0.05, 0.1) is 11.0 Å². The van der Waals surface area contributed by atoms with E-state index in [2.05, 4.69) is 15.9 Å². The molecule has 18 heavy (non-hydrogen) atoms. The van der Waals surface area contributed by atoms with E-state index in [-0.39, 0.29) is 23.1 Å². The van der Waals surface area contributed by atoms with E-state index in [0.29, 0.717) is 13.0 Å². The van der Waals surface area contributed by atoms with Gasteiger partial charge in [-0.15, -0.1) is 0 Å². The first-order chi connectivity index (χ1) is 8.45. The molecule has 0 radical (unpaired) electrons. The van der Waals surface area contributed by atoms with Crippen molar-refractivity contribution in [1.29, 1.82) is 0 Å². The molecule has 0 spiro atoms. The Kier molecular flexibility index (Phi) is 5.68.